The minimum atomic E-state index is -3.47. The van der Waals surface area contributed by atoms with Crippen molar-refractivity contribution in [3.8, 4) is 0 Å². The van der Waals surface area contributed by atoms with Crippen molar-refractivity contribution in [1.29, 1.82) is 0 Å². The van der Waals surface area contributed by atoms with Gasteiger partial charge in [-0.3, -0.25) is 4.79 Å². The highest BCUT2D eigenvalue weighted by Gasteiger charge is 2.41. The maximum atomic E-state index is 12.8. The van der Waals surface area contributed by atoms with E-state index in [1.807, 2.05) is 0 Å². The third kappa shape index (κ3) is 2.86. The highest BCUT2D eigenvalue weighted by molar-refractivity contribution is 7.91. The van der Waals surface area contributed by atoms with Crippen molar-refractivity contribution in [2.45, 2.75) is 48.8 Å². The zero-order valence-corrected chi connectivity index (χ0v) is 13.3. The van der Waals surface area contributed by atoms with E-state index in [4.69, 9.17) is 5.11 Å². The molecule has 1 aromatic heterocycles. The average Bonchev–Trinajstić information content (AvgIpc) is 3.05. The van der Waals surface area contributed by atoms with Gasteiger partial charge in [-0.2, -0.15) is 4.31 Å². The van der Waals surface area contributed by atoms with E-state index in [9.17, 15) is 13.2 Å². The molecule has 3 rings (SSSR count). The summed E-state index contributed by atoms with van der Waals surface area (Å²) in [5.74, 6) is -0.429. The molecule has 1 saturated carbocycles. The van der Waals surface area contributed by atoms with Gasteiger partial charge < -0.3 is 5.11 Å². The van der Waals surface area contributed by atoms with Crippen molar-refractivity contribution in [3.63, 3.8) is 0 Å². The molecule has 0 aromatic carbocycles. The van der Waals surface area contributed by atoms with E-state index in [-0.39, 0.29) is 16.7 Å². The van der Waals surface area contributed by atoms with Crippen molar-refractivity contribution in [2.24, 2.45) is 5.92 Å². The maximum Gasteiger partial charge on any atom is 0.308 e. The Balaban J connectivity index is 1.85. The molecular weight excluding hydrogens is 310 g/mol. The predicted octanol–water partition coefficient (Wildman–Crippen LogP) is 2.33. The molecule has 1 N–H and O–H groups in total. The Labute approximate surface area is 128 Å². The molecule has 2 aliphatic rings. The Morgan fingerprint density at radius 2 is 2.05 bits per heavy atom. The zero-order valence-electron chi connectivity index (χ0n) is 11.7. The lowest BCUT2D eigenvalue weighted by molar-refractivity contribution is -0.136. The van der Waals surface area contributed by atoms with Crippen LogP contribution in [0.25, 0.3) is 0 Å². The number of thiophene rings is 1. The Morgan fingerprint density at radius 3 is 2.81 bits per heavy atom. The lowest BCUT2D eigenvalue weighted by atomic mass is 9.94. The number of hydrogen-bond acceptors (Lipinski definition) is 4. The number of piperidine rings is 1. The van der Waals surface area contributed by atoms with Crippen molar-refractivity contribution >= 4 is 27.3 Å². The minimum absolute atomic E-state index is 0.119. The van der Waals surface area contributed by atoms with Gasteiger partial charge in [0.05, 0.1) is 6.42 Å². The van der Waals surface area contributed by atoms with Crippen LogP contribution in [0.1, 0.15) is 37.0 Å². The first-order chi connectivity index (χ1) is 9.98. The molecule has 0 radical (unpaired) electrons. The molecule has 1 aliphatic carbocycles. The largest absolute Gasteiger partial charge is 0.481 e. The number of carbonyl (C=O) groups is 1. The quantitative estimate of drug-likeness (QED) is 0.920. The summed E-state index contributed by atoms with van der Waals surface area (Å²) in [6, 6.07) is 3.31. The predicted molar refractivity (Wildman–Crippen MR) is 79.9 cm³/mol. The topological polar surface area (TPSA) is 74.7 Å². The first kappa shape index (κ1) is 15.0. The molecule has 1 aromatic rings. The first-order valence-corrected chi connectivity index (χ1v) is 9.56. The number of sulfonamides is 1. The number of carboxylic acid groups (broad SMARTS) is 1. The van der Waals surface area contributed by atoms with Crippen molar-refractivity contribution in [3.05, 3.63) is 17.0 Å². The molecule has 7 heteroatoms. The summed E-state index contributed by atoms with van der Waals surface area (Å²) in [5, 5.41) is 8.80. The van der Waals surface area contributed by atoms with E-state index < -0.39 is 16.0 Å². The lowest BCUT2D eigenvalue weighted by Crippen LogP contribution is -2.45. The summed E-state index contributed by atoms with van der Waals surface area (Å²) in [6.07, 6.45) is 5.13. The van der Waals surface area contributed by atoms with Crippen LogP contribution in [0, 0.1) is 5.92 Å². The molecule has 0 spiro atoms. The van der Waals surface area contributed by atoms with Crippen LogP contribution in [0.2, 0.25) is 0 Å². The van der Waals surface area contributed by atoms with E-state index in [0.29, 0.717) is 17.3 Å². The van der Waals surface area contributed by atoms with E-state index >= 15 is 0 Å². The second kappa shape index (κ2) is 5.70. The molecule has 0 bridgehead atoms. The van der Waals surface area contributed by atoms with Crippen LogP contribution < -0.4 is 0 Å². The van der Waals surface area contributed by atoms with Crippen LogP contribution in [0.15, 0.2) is 16.3 Å². The van der Waals surface area contributed by atoms with Gasteiger partial charge in [0.15, 0.2) is 0 Å². The van der Waals surface area contributed by atoms with Gasteiger partial charge in [-0.05, 0) is 43.7 Å². The molecule has 5 nitrogen and oxygen atoms in total. The van der Waals surface area contributed by atoms with Crippen LogP contribution in [0.5, 0.6) is 0 Å². The summed E-state index contributed by atoms with van der Waals surface area (Å²) in [6.45, 7) is 0.593. The Hall–Kier alpha value is -0.920. The smallest absolute Gasteiger partial charge is 0.308 e. The number of carboxylic acids is 1. The summed E-state index contributed by atoms with van der Waals surface area (Å²) < 4.78 is 27.6. The highest BCUT2D eigenvalue weighted by Crippen LogP contribution is 2.40. The van der Waals surface area contributed by atoms with Crippen molar-refractivity contribution in [2.75, 3.05) is 6.54 Å². The molecule has 1 saturated heterocycles. The summed E-state index contributed by atoms with van der Waals surface area (Å²) in [7, 11) is -3.47. The highest BCUT2D eigenvalue weighted by atomic mass is 32.2. The van der Waals surface area contributed by atoms with Gasteiger partial charge >= 0.3 is 5.97 Å². The zero-order chi connectivity index (χ0) is 15.0. The van der Waals surface area contributed by atoms with Gasteiger partial charge in [0.2, 0.25) is 0 Å². The number of fused-ring (bicyclic) bond motifs is 1. The monoisotopic (exact) mass is 329 g/mol. The lowest BCUT2D eigenvalue weighted by Gasteiger charge is -2.36. The summed E-state index contributed by atoms with van der Waals surface area (Å²) >= 11 is 1.09. The van der Waals surface area contributed by atoms with E-state index in [0.717, 1.165) is 43.4 Å². The SMILES string of the molecule is O=C(O)Cc1ccc(S(=O)(=O)N2CCCC3CCCC32)s1. The maximum absolute atomic E-state index is 12.8. The third-order valence-corrected chi connectivity index (χ3v) is 7.94. The molecule has 2 atom stereocenters. The second-order valence-corrected chi connectivity index (χ2v) is 9.09. The minimum Gasteiger partial charge on any atom is -0.481 e. The molecular formula is C14H19NO4S2. The third-order valence-electron chi connectivity index (χ3n) is 4.47. The normalized spacial score (nSPS) is 26.7. The molecule has 21 heavy (non-hydrogen) atoms. The standard InChI is InChI=1S/C14H19NO4S2/c16-13(17)9-11-6-7-14(20-11)21(18,19)15-8-2-4-10-3-1-5-12(10)15/h6-7,10,12H,1-5,8-9H2,(H,16,17). The van der Waals surface area contributed by atoms with Crippen molar-refractivity contribution < 1.29 is 18.3 Å². The molecule has 0 amide bonds. The van der Waals surface area contributed by atoms with Crippen LogP contribution in [-0.4, -0.2) is 36.4 Å². The van der Waals surface area contributed by atoms with Crippen LogP contribution >= 0.6 is 11.3 Å². The fraction of sp³-hybridized carbons (Fsp3) is 0.643. The average molecular weight is 329 g/mol. The first-order valence-electron chi connectivity index (χ1n) is 7.31. The van der Waals surface area contributed by atoms with Crippen LogP contribution in [0.4, 0.5) is 0 Å². The molecule has 2 unspecified atom stereocenters. The van der Waals surface area contributed by atoms with Crippen LogP contribution in [-0.2, 0) is 21.2 Å². The number of rotatable bonds is 4. The summed E-state index contributed by atoms with van der Waals surface area (Å²) in [4.78, 5) is 11.3. The Kier molecular flexibility index (Phi) is 4.07. The van der Waals surface area contributed by atoms with Crippen LogP contribution in [0.3, 0.4) is 0 Å². The van der Waals surface area contributed by atoms with Gasteiger partial charge in [-0.15, -0.1) is 11.3 Å². The number of nitrogens with zero attached hydrogens (tertiary/aromatic N) is 1. The van der Waals surface area contributed by atoms with Gasteiger partial charge in [0.25, 0.3) is 10.0 Å². The summed E-state index contributed by atoms with van der Waals surface area (Å²) in [5.41, 5.74) is 0. The fourth-order valence-corrected chi connectivity index (χ4v) is 6.79. The molecule has 2 fully saturated rings. The van der Waals surface area contributed by atoms with Gasteiger partial charge in [-0.25, -0.2) is 8.42 Å². The van der Waals surface area contributed by atoms with E-state index in [2.05, 4.69) is 0 Å². The number of hydrogen-bond donors (Lipinski definition) is 1. The second-order valence-electron chi connectivity index (χ2n) is 5.81. The Morgan fingerprint density at radius 1 is 1.29 bits per heavy atom. The van der Waals surface area contributed by atoms with E-state index in [1.54, 1.807) is 16.4 Å². The van der Waals surface area contributed by atoms with Gasteiger partial charge in [-0.1, -0.05) is 6.42 Å². The molecule has 2 heterocycles. The van der Waals surface area contributed by atoms with Gasteiger partial charge in [0.1, 0.15) is 4.21 Å². The Bertz CT molecular complexity index is 637. The van der Waals surface area contributed by atoms with Crippen molar-refractivity contribution in [1.82, 2.24) is 4.31 Å². The molecule has 116 valence electrons. The fourth-order valence-electron chi connectivity index (χ4n) is 3.56. The van der Waals surface area contributed by atoms with E-state index in [1.165, 1.54) is 0 Å². The number of aliphatic carboxylic acids is 1. The van der Waals surface area contributed by atoms with Gasteiger partial charge in [0, 0.05) is 17.5 Å². The molecule has 1 aliphatic heterocycles.